The van der Waals surface area contributed by atoms with Gasteiger partial charge in [0.25, 0.3) is 0 Å². The summed E-state index contributed by atoms with van der Waals surface area (Å²) in [6.45, 7) is 6.05. The van der Waals surface area contributed by atoms with Crippen LogP contribution in [0.25, 0.3) is 0 Å². The Kier molecular flexibility index (Phi) is 4.97. The second-order valence-electron chi connectivity index (χ2n) is 6.25. The average Bonchev–Trinajstić information content (AvgIpc) is 3.03. The van der Waals surface area contributed by atoms with Gasteiger partial charge < -0.3 is 16.4 Å². The highest BCUT2D eigenvalue weighted by molar-refractivity contribution is 5.51. The summed E-state index contributed by atoms with van der Waals surface area (Å²) in [5.74, 6) is 1.32. The second-order valence-corrected chi connectivity index (χ2v) is 6.25. The van der Waals surface area contributed by atoms with Gasteiger partial charge in [-0.15, -0.1) is 0 Å². The van der Waals surface area contributed by atoms with Crippen LogP contribution >= 0.6 is 0 Å². The highest BCUT2D eigenvalue weighted by atomic mass is 19.1. The lowest BCUT2D eigenvalue weighted by Crippen LogP contribution is -2.12. The molecule has 3 aromatic rings. The number of hydrogen-bond acceptors (Lipinski definition) is 7. The molecule has 2 heterocycles. The van der Waals surface area contributed by atoms with Crippen molar-refractivity contribution >= 4 is 23.7 Å². The number of aromatic amines is 1. The van der Waals surface area contributed by atoms with Gasteiger partial charge in [0.05, 0.1) is 6.04 Å². The summed E-state index contributed by atoms with van der Waals surface area (Å²) in [7, 11) is 0. The largest absolute Gasteiger partial charge is 0.368 e. The maximum atomic E-state index is 13.1. The first-order chi connectivity index (χ1) is 12.4. The Labute approximate surface area is 150 Å². The third-order valence-corrected chi connectivity index (χ3v) is 3.83. The van der Waals surface area contributed by atoms with E-state index in [-0.39, 0.29) is 23.8 Å². The number of nitrogen functional groups attached to an aromatic ring is 1. The molecule has 1 aromatic carbocycles. The van der Waals surface area contributed by atoms with Gasteiger partial charge >= 0.3 is 0 Å². The molecular formula is C17H21FN8. The Balaban J connectivity index is 1.75. The lowest BCUT2D eigenvalue weighted by atomic mass is 10.1. The topological polar surface area (TPSA) is 117 Å². The minimum absolute atomic E-state index is 0.0796. The average molecular weight is 356 g/mol. The fourth-order valence-corrected chi connectivity index (χ4v) is 2.35. The van der Waals surface area contributed by atoms with Gasteiger partial charge in [0.1, 0.15) is 5.82 Å². The Morgan fingerprint density at radius 3 is 2.38 bits per heavy atom. The predicted octanol–water partition coefficient (Wildman–Crippen LogP) is 3.36. The van der Waals surface area contributed by atoms with Crippen molar-refractivity contribution in [3.8, 4) is 0 Å². The first kappa shape index (κ1) is 17.6. The smallest absolute Gasteiger partial charge is 0.235 e. The SMILES string of the molecule is CC(C)c1cc(Nc2nc(N)nc(NC(C)c3ccc(F)cc3)n2)n[nH]1. The summed E-state index contributed by atoms with van der Waals surface area (Å²) in [6, 6.07) is 7.97. The Morgan fingerprint density at radius 2 is 1.73 bits per heavy atom. The van der Waals surface area contributed by atoms with Gasteiger partial charge in [0.15, 0.2) is 5.82 Å². The lowest BCUT2D eigenvalue weighted by molar-refractivity contribution is 0.626. The van der Waals surface area contributed by atoms with E-state index in [1.54, 1.807) is 12.1 Å². The molecule has 9 heteroatoms. The first-order valence-corrected chi connectivity index (χ1v) is 8.26. The zero-order valence-corrected chi connectivity index (χ0v) is 14.8. The number of hydrogen-bond donors (Lipinski definition) is 4. The van der Waals surface area contributed by atoms with E-state index < -0.39 is 0 Å². The van der Waals surface area contributed by atoms with E-state index in [0.717, 1.165) is 11.3 Å². The molecule has 2 aromatic heterocycles. The summed E-state index contributed by atoms with van der Waals surface area (Å²) in [4.78, 5) is 12.5. The number of halogens is 1. The van der Waals surface area contributed by atoms with Gasteiger partial charge in [0.2, 0.25) is 17.8 Å². The van der Waals surface area contributed by atoms with Gasteiger partial charge in [-0.3, -0.25) is 5.10 Å². The molecule has 0 radical (unpaired) electrons. The molecule has 0 aliphatic rings. The molecule has 0 fully saturated rings. The monoisotopic (exact) mass is 356 g/mol. The van der Waals surface area contributed by atoms with Gasteiger partial charge in [0, 0.05) is 11.8 Å². The standard InChI is InChI=1S/C17H21FN8/c1-9(2)13-8-14(26-25-13)21-17-23-15(19)22-16(24-17)20-10(3)11-4-6-12(18)7-5-11/h4-10H,1-3H3,(H5,19,20,21,22,23,24,25,26). The van der Waals surface area contributed by atoms with E-state index in [1.165, 1.54) is 12.1 Å². The van der Waals surface area contributed by atoms with Crippen molar-refractivity contribution in [2.75, 3.05) is 16.4 Å². The number of nitrogens with two attached hydrogens (primary N) is 1. The molecule has 1 unspecified atom stereocenters. The van der Waals surface area contributed by atoms with Crippen LogP contribution in [0.15, 0.2) is 30.3 Å². The van der Waals surface area contributed by atoms with E-state index in [2.05, 4.69) is 49.6 Å². The molecule has 0 aliphatic carbocycles. The third kappa shape index (κ3) is 4.24. The van der Waals surface area contributed by atoms with Crippen LogP contribution in [0.2, 0.25) is 0 Å². The van der Waals surface area contributed by atoms with Crippen LogP contribution in [0.1, 0.15) is 44.0 Å². The van der Waals surface area contributed by atoms with Crippen molar-refractivity contribution in [2.45, 2.75) is 32.7 Å². The van der Waals surface area contributed by atoms with Crippen LogP contribution in [0.5, 0.6) is 0 Å². The number of rotatable bonds is 6. The normalized spacial score (nSPS) is 12.2. The summed E-state index contributed by atoms with van der Waals surface area (Å²) < 4.78 is 13.1. The van der Waals surface area contributed by atoms with Crippen LogP contribution in [-0.2, 0) is 0 Å². The Morgan fingerprint density at radius 1 is 1.04 bits per heavy atom. The number of anilines is 4. The van der Waals surface area contributed by atoms with Crippen molar-refractivity contribution in [2.24, 2.45) is 0 Å². The molecule has 26 heavy (non-hydrogen) atoms. The Bertz CT molecular complexity index is 875. The maximum absolute atomic E-state index is 13.1. The molecule has 0 aliphatic heterocycles. The number of nitrogens with zero attached hydrogens (tertiary/aromatic N) is 4. The van der Waals surface area contributed by atoms with Crippen molar-refractivity contribution in [1.29, 1.82) is 0 Å². The van der Waals surface area contributed by atoms with Crippen LogP contribution in [0, 0.1) is 5.82 Å². The predicted molar refractivity (Wildman–Crippen MR) is 98.6 cm³/mol. The third-order valence-electron chi connectivity index (χ3n) is 3.83. The van der Waals surface area contributed by atoms with E-state index in [1.807, 2.05) is 13.0 Å². The van der Waals surface area contributed by atoms with Gasteiger partial charge in [-0.05, 0) is 30.5 Å². The molecule has 0 spiro atoms. The fraction of sp³-hybridized carbons (Fsp3) is 0.294. The maximum Gasteiger partial charge on any atom is 0.235 e. The molecule has 5 N–H and O–H groups in total. The first-order valence-electron chi connectivity index (χ1n) is 8.26. The van der Waals surface area contributed by atoms with Crippen molar-refractivity contribution in [3.05, 3.63) is 47.4 Å². The molecule has 0 bridgehead atoms. The summed E-state index contributed by atoms with van der Waals surface area (Å²) >= 11 is 0. The minimum Gasteiger partial charge on any atom is -0.368 e. The molecule has 0 saturated carbocycles. The molecule has 1 atom stereocenters. The fourth-order valence-electron chi connectivity index (χ4n) is 2.35. The van der Waals surface area contributed by atoms with E-state index in [9.17, 15) is 4.39 Å². The van der Waals surface area contributed by atoms with Crippen LogP contribution in [0.4, 0.5) is 28.1 Å². The van der Waals surface area contributed by atoms with Crippen molar-refractivity contribution in [1.82, 2.24) is 25.1 Å². The van der Waals surface area contributed by atoms with Crippen LogP contribution in [0.3, 0.4) is 0 Å². The number of aromatic nitrogens is 5. The molecule has 8 nitrogen and oxygen atoms in total. The highest BCUT2D eigenvalue weighted by Gasteiger charge is 2.11. The lowest BCUT2D eigenvalue weighted by Gasteiger charge is -2.15. The number of benzene rings is 1. The quantitative estimate of drug-likeness (QED) is 0.535. The zero-order chi connectivity index (χ0) is 18.7. The summed E-state index contributed by atoms with van der Waals surface area (Å²) in [5, 5.41) is 13.3. The van der Waals surface area contributed by atoms with Gasteiger partial charge in [-0.25, -0.2) is 4.39 Å². The molecule has 3 rings (SSSR count). The van der Waals surface area contributed by atoms with Crippen molar-refractivity contribution in [3.63, 3.8) is 0 Å². The van der Waals surface area contributed by atoms with E-state index in [4.69, 9.17) is 5.73 Å². The van der Waals surface area contributed by atoms with Gasteiger partial charge in [-0.2, -0.15) is 20.1 Å². The summed E-state index contributed by atoms with van der Waals surface area (Å²) in [5.41, 5.74) is 7.68. The zero-order valence-electron chi connectivity index (χ0n) is 14.8. The number of nitrogens with one attached hydrogen (secondary N) is 3. The molecule has 0 saturated heterocycles. The highest BCUT2D eigenvalue weighted by Crippen LogP contribution is 2.20. The number of H-pyrrole nitrogens is 1. The molecular weight excluding hydrogens is 335 g/mol. The van der Waals surface area contributed by atoms with E-state index >= 15 is 0 Å². The second kappa shape index (κ2) is 7.34. The van der Waals surface area contributed by atoms with Crippen LogP contribution < -0.4 is 16.4 Å². The van der Waals surface area contributed by atoms with Crippen molar-refractivity contribution < 1.29 is 4.39 Å². The molecule has 136 valence electrons. The van der Waals surface area contributed by atoms with Gasteiger partial charge in [-0.1, -0.05) is 26.0 Å². The Hall–Kier alpha value is -3.23. The molecule has 0 amide bonds. The minimum atomic E-state index is -0.281. The van der Waals surface area contributed by atoms with E-state index in [0.29, 0.717) is 17.7 Å². The summed E-state index contributed by atoms with van der Waals surface area (Å²) in [6.07, 6.45) is 0. The van der Waals surface area contributed by atoms with Crippen LogP contribution in [-0.4, -0.2) is 25.1 Å².